The number of nitrogens with one attached hydrogen (secondary N) is 1. The molecule has 0 radical (unpaired) electrons. The number of carboxylic acids is 1. The minimum atomic E-state index is -0.993. The lowest BCUT2D eigenvalue weighted by atomic mass is 9.95. The molecule has 1 atom stereocenters. The summed E-state index contributed by atoms with van der Waals surface area (Å²) in [6.45, 7) is 1.99. The van der Waals surface area contributed by atoms with Crippen LogP contribution in [0.1, 0.15) is 40.0 Å². The van der Waals surface area contributed by atoms with Gasteiger partial charge in [0.05, 0.1) is 27.4 Å². The quantitative estimate of drug-likeness (QED) is 0.224. The van der Waals surface area contributed by atoms with E-state index in [1.165, 1.54) is 17.4 Å². The first-order valence-electron chi connectivity index (χ1n) is 14.0. The molecule has 6 rings (SSSR count). The molecule has 0 fully saturated rings. The fourth-order valence-electron chi connectivity index (χ4n) is 5.06. The van der Waals surface area contributed by atoms with Gasteiger partial charge in [-0.1, -0.05) is 77.5 Å². The molecule has 0 bridgehead atoms. The van der Waals surface area contributed by atoms with E-state index in [4.69, 9.17) is 16.3 Å². The highest BCUT2D eigenvalue weighted by Gasteiger charge is 2.32. The number of carbonyl (C=O) groups is 2. The van der Waals surface area contributed by atoms with E-state index in [2.05, 4.69) is 10.3 Å². The Labute approximate surface area is 266 Å². The van der Waals surface area contributed by atoms with Crippen LogP contribution in [0.2, 0.25) is 5.02 Å². The number of allylic oxidation sites excluding steroid dienone is 1. The van der Waals surface area contributed by atoms with Gasteiger partial charge in [0.2, 0.25) is 0 Å². The third-order valence-corrected chi connectivity index (χ3v) is 8.48. The number of carboxylic acid groups (broad SMARTS) is 1. The summed E-state index contributed by atoms with van der Waals surface area (Å²) in [6, 6.07) is 29.4. The Balaban J connectivity index is 1.31. The summed E-state index contributed by atoms with van der Waals surface area (Å²) in [5.74, 6) is -0.739. The van der Waals surface area contributed by atoms with E-state index in [1.807, 2.05) is 42.5 Å². The number of ether oxygens (including phenoxy) is 1. The van der Waals surface area contributed by atoms with E-state index in [0.717, 1.165) is 16.7 Å². The number of aromatic carboxylic acids is 1. The molecule has 1 amide bonds. The number of rotatable bonds is 8. The molecule has 224 valence electrons. The largest absolute Gasteiger partial charge is 0.489 e. The van der Waals surface area contributed by atoms with E-state index in [1.54, 1.807) is 72.2 Å². The molecule has 0 saturated carbocycles. The van der Waals surface area contributed by atoms with Crippen LogP contribution in [0.3, 0.4) is 0 Å². The van der Waals surface area contributed by atoms with Crippen molar-refractivity contribution in [3.8, 4) is 5.75 Å². The van der Waals surface area contributed by atoms with Gasteiger partial charge < -0.3 is 15.2 Å². The summed E-state index contributed by atoms with van der Waals surface area (Å²) in [6.07, 6.45) is 1.78. The number of halogens is 1. The molecule has 1 aliphatic rings. The van der Waals surface area contributed by atoms with Gasteiger partial charge >= 0.3 is 5.97 Å². The normalized spacial score (nSPS) is 14.4. The number of aromatic nitrogens is 1. The first kappa shape index (κ1) is 29.8. The number of amides is 1. The Morgan fingerprint density at radius 1 is 1.00 bits per heavy atom. The van der Waals surface area contributed by atoms with Crippen LogP contribution in [0.4, 0.5) is 5.69 Å². The first-order valence-corrected chi connectivity index (χ1v) is 15.2. The van der Waals surface area contributed by atoms with Crippen LogP contribution in [0.15, 0.2) is 124 Å². The highest BCUT2D eigenvalue weighted by molar-refractivity contribution is 7.07. The molecule has 0 unspecified atom stereocenters. The lowest BCUT2D eigenvalue weighted by Gasteiger charge is -2.25. The number of thiazole rings is 1. The van der Waals surface area contributed by atoms with Gasteiger partial charge in [-0.25, -0.2) is 9.79 Å². The molecule has 45 heavy (non-hydrogen) atoms. The maximum Gasteiger partial charge on any atom is 0.335 e. The van der Waals surface area contributed by atoms with Crippen molar-refractivity contribution in [2.75, 3.05) is 5.32 Å². The van der Waals surface area contributed by atoms with Crippen LogP contribution in [-0.4, -0.2) is 21.6 Å². The molecule has 0 aliphatic carbocycles. The number of anilines is 1. The molecular weight excluding hydrogens is 610 g/mol. The maximum atomic E-state index is 13.9. The summed E-state index contributed by atoms with van der Waals surface area (Å²) in [5.41, 5.74) is 3.71. The number of fused-ring (bicyclic) bond motifs is 1. The topological polar surface area (TPSA) is 110 Å². The lowest BCUT2D eigenvalue weighted by Crippen LogP contribution is -2.40. The third kappa shape index (κ3) is 6.50. The van der Waals surface area contributed by atoms with E-state index in [0.29, 0.717) is 37.1 Å². The minimum Gasteiger partial charge on any atom is -0.489 e. The predicted octanol–water partition coefficient (Wildman–Crippen LogP) is 5.80. The molecular formula is C35H26ClN3O5S. The van der Waals surface area contributed by atoms with Gasteiger partial charge in [-0.2, -0.15) is 0 Å². The maximum absolute atomic E-state index is 13.9. The molecule has 2 N–H and O–H groups in total. The zero-order valence-electron chi connectivity index (χ0n) is 23.9. The Kier molecular flexibility index (Phi) is 8.46. The molecule has 1 aliphatic heterocycles. The van der Waals surface area contributed by atoms with E-state index >= 15 is 0 Å². The minimum absolute atomic E-state index is 0.199. The average molecular weight is 636 g/mol. The van der Waals surface area contributed by atoms with Gasteiger partial charge in [-0.05, 0) is 78.2 Å². The van der Waals surface area contributed by atoms with Crippen molar-refractivity contribution in [2.24, 2.45) is 4.99 Å². The smallest absolute Gasteiger partial charge is 0.335 e. The van der Waals surface area contributed by atoms with Crippen LogP contribution in [0.5, 0.6) is 5.75 Å². The molecule has 2 heterocycles. The molecule has 10 heteroatoms. The van der Waals surface area contributed by atoms with Crippen LogP contribution in [-0.2, 0) is 11.4 Å². The summed E-state index contributed by atoms with van der Waals surface area (Å²) < 4.78 is 7.87. The van der Waals surface area contributed by atoms with E-state index in [-0.39, 0.29) is 23.6 Å². The SMILES string of the molecule is CC1=C(C(=O)Nc2ccccc2)[C@H](c2ccc(Cl)cc2)n2c(s/c(=C\c3ccc(OCc4cccc(C(=O)O)c4)cc3)c2=O)=N1. The van der Waals surface area contributed by atoms with Crippen molar-refractivity contribution in [2.45, 2.75) is 19.6 Å². The Morgan fingerprint density at radius 2 is 1.73 bits per heavy atom. The zero-order valence-corrected chi connectivity index (χ0v) is 25.5. The second-order valence-corrected chi connectivity index (χ2v) is 11.8. The van der Waals surface area contributed by atoms with Crippen LogP contribution in [0.25, 0.3) is 6.08 Å². The summed E-state index contributed by atoms with van der Waals surface area (Å²) in [4.78, 5) is 44.0. The van der Waals surface area contributed by atoms with Crippen molar-refractivity contribution in [3.63, 3.8) is 0 Å². The zero-order chi connectivity index (χ0) is 31.5. The first-order chi connectivity index (χ1) is 21.8. The fourth-order valence-corrected chi connectivity index (χ4v) is 6.24. The Hall–Kier alpha value is -5.25. The van der Waals surface area contributed by atoms with E-state index < -0.39 is 12.0 Å². The van der Waals surface area contributed by atoms with Crippen molar-refractivity contribution < 1.29 is 19.4 Å². The van der Waals surface area contributed by atoms with Crippen molar-refractivity contribution in [1.29, 1.82) is 0 Å². The van der Waals surface area contributed by atoms with Crippen LogP contribution < -0.4 is 24.9 Å². The standard InChI is InChI=1S/C35H26ClN3O5S/c1-21-30(32(40)38-27-8-3-2-4-9-27)31(24-12-14-26(36)15-13-24)39-33(41)29(45-35(39)37-21)19-22-10-16-28(17-11-22)44-20-23-6-5-7-25(18-23)34(42)43/h2-19,31H,20H2,1H3,(H,38,40)(H,42,43)/b29-19-/t31-/m0/s1. The highest BCUT2D eigenvalue weighted by Crippen LogP contribution is 2.31. The summed E-state index contributed by atoms with van der Waals surface area (Å²) in [5, 5.41) is 12.7. The van der Waals surface area contributed by atoms with Crippen molar-refractivity contribution >= 4 is 46.6 Å². The summed E-state index contributed by atoms with van der Waals surface area (Å²) >= 11 is 7.43. The predicted molar refractivity (Wildman–Crippen MR) is 174 cm³/mol. The third-order valence-electron chi connectivity index (χ3n) is 7.24. The number of nitrogens with zero attached hydrogens (tertiary/aromatic N) is 2. The second kappa shape index (κ2) is 12.8. The van der Waals surface area contributed by atoms with Crippen molar-refractivity contribution in [3.05, 3.63) is 161 Å². The van der Waals surface area contributed by atoms with Gasteiger partial charge in [0.15, 0.2) is 4.80 Å². The van der Waals surface area contributed by atoms with Crippen LogP contribution >= 0.6 is 22.9 Å². The van der Waals surface area contributed by atoms with Gasteiger partial charge in [-0.15, -0.1) is 0 Å². The van der Waals surface area contributed by atoms with E-state index in [9.17, 15) is 19.5 Å². The second-order valence-electron chi connectivity index (χ2n) is 10.3. The monoisotopic (exact) mass is 635 g/mol. The fraction of sp³-hybridized carbons (Fsp3) is 0.0857. The van der Waals surface area contributed by atoms with Gasteiger partial charge in [0.25, 0.3) is 11.5 Å². The lowest BCUT2D eigenvalue weighted by molar-refractivity contribution is -0.113. The van der Waals surface area contributed by atoms with Gasteiger partial charge in [-0.3, -0.25) is 14.2 Å². The number of carbonyl (C=O) groups excluding carboxylic acids is 1. The van der Waals surface area contributed by atoms with Crippen molar-refractivity contribution in [1.82, 2.24) is 4.57 Å². The molecule has 0 saturated heterocycles. The summed E-state index contributed by atoms with van der Waals surface area (Å²) in [7, 11) is 0. The Bertz CT molecular complexity index is 2120. The highest BCUT2D eigenvalue weighted by atomic mass is 35.5. The molecule has 8 nitrogen and oxygen atoms in total. The number of hydrogen-bond acceptors (Lipinski definition) is 6. The molecule has 4 aromatic carbocycles. The van der Waals surface area contributed by atoms with Crippen LogP contribution in [0, 0.1) is 0 Å². The number of benzene rings is 4. The molecule has 5 aromatic rings. The Morgan fingerprint density at radius 3 is 2.44 bits per heavy atom. The van der Waals surface area contributed by atoms with Gasteiger partial charge in [0, 0.05) is 10.7 Å². The molecule has 0 spiro atoms. The average Bonchev–Trinajstić information content (AvgIpc) is 3.34. The number of hydrogen-bond donors (Lipinski definition) is 2. The molecule has 1 aromatic heterocycles. The van der Waals surface area contributed by atoms with Gasteiger partial charge in [0.1, 0.15) is 12.4 Å². The number of para-hydroxylation sites is 1.